The summed E-state index contributed by atoms with van der Waals surface area (Å²) < 4.78 is 1.04. The van der Waals surface area contributed by atoms with Crippen LogP contribution < -0.4 is 10.6 Å². The van der Waals surface area contributed by atoms with Crippen molar-refractivity contribution in [1.29, 1.82) is 0 Å². The molecule has 2 aromatic rings. The van der Waals surface area contributed by atoms with E-state index >= 15 is 0 Å². The molecule has 0 aliphatic carbocycles. The first-order valence-electron chi connectivity index (χ1n) is 6.59. The number of rotatable bonds is 5. The lowest BCUT2D eigenvalue weighted by atomic mass is 10.1. The molecule has 0 saturated carbocycles. The van der Waals surface area contributed by atoms with E-state index in [1.54, 1.807) is 18.2 Å². The standard InChI is InChI=1S/C16H16BrClN2O/c1-11(12-5-7-13(17)8-6-12)19-10-16(21)20-15-4-2-3-14(18)9-15/h2-9,11,19H,10H2,1H3,(H,20,21). The van der Waals surface area contributed by atoms with Crippen LogP contribution in [-0.2, 0) is 4.79 Å². The van der Waals surface area contributed by atoms with Crippen molar-refractivity contribution in [2.45, 2.75) is 13.0 Å². The van der Waals surface area contributed by atoms with Gasteiger partial charge in [-0.05, 0) is 42.8 Å². The van der Waals surface area contributed by atoms with Crippen molar-refractivity contribution < 1.29 is 4.79 Å². The van der Waals surface area contributed by atoms with Gasteiger partial charge >= 0.3 is 0 Å². The number of carbonyl (C=O) groups excluding carboxylic acids is 1. The summed E-state index contributed by atoms with van der Waals surface area (Å²) in [7, 11) is 0. The van der Waals surface area contributed by atoms with Gasteiger partial charge in [-0.2, -0.15) is 0 Å². The largest absolute Gasteiger partial charge is 0.325 e. The van der Waals surface area contributed by atoms with Crippen molar-refractivity contribution in [3.63, 3.8) is 0 Å². The summed E-state index contributed by atoms with van der Waals surface area (Å²) in [5.74, 6) is -0.0961. The number of hydrogen-bond donors (Lipinski definition) is 2. The van der Waals surface area contributed by atoms with Gasteiger partial charge in [0.2, 0.25) is 5.91 Å². The first-order valence-corrected chi connectivity index (χ1v) is 7.76. The van der Waals surface area contributed by atoms with E-state index in [1.165, 1.54) is 0 Å². The van der Waals surface area contributed by atoms with Gasteiger partial charge in [0.05, 0.1) is 6.54 Å². The number of nitrogens with one attached hydrogen (secondary N) is 2. The fraction of sp³-hybridized carbons (Fsp3) is 0.188. The number of carbonyl (C=O) groups is 1. The van der Waals surface area contributed by atoms with Gasteiger partial charge in [0.25, 0.3) is 0 Å². The molecule has 0 heterocycles. The summed E-state index contributed by atoms with van der Waals surface area (Å²) in [6, 6.07) is 15.2. The summed E-state index contributed by atoms with van der Waals surface area (Å²) in [5, 5.41) is 6.60. The molecule has 110 valence electrons. The van der Waals surface area contributed by atoms with Crippen LogP contribution in [-0.4, -0.2) is 12.5 Å². The topological polar surface area (TPSA) is 41.1 Å². The van der Waals surface area contributed by atoms with Crippen LogP contribution in [0.15, 0.2) is 53.0 Å². The van der Waals surface area contributed by atoms with Crippen molar-refractivity contribution in [3.8, 4) is 0 Å². The van der Waals surface area contributed by atoms with E-state index in [2.05, 4.69) is 26.6 Å². The maximum Gasteiger partial charge on any atom is 0.238 e. The molecule has 2 aromatic carbocycles. The highest BCUT2D eigenvalue weighted by Crippen LogP contribution is 2.17. The number of hydrogen-bond acceptors (Lipinski definition) is 2. The van der Waals surface area contributed by atoms with Crippen LogP contribution in [0.4, 0.5) is 5.69 Å². The summed E-state index contributed by atoms with van der Waals surface area (Å²) in [6.07, 6.45) is 0. The van der Waals surface area contributed by atoms with Gasteiger partial charge in [-0.1, -0.05) is 45.7 Å². The van der Waals surface area contributed by atoms with Gasteiger partial charge < -0.3 is 10.6 Å². The van der Waals surface area contributed by atoms with Crippen LogP contribution in [0.3, 0.4) is 0 Å². The third-order valence-corrected chi connectivity index (χ3v) is 3.81. The van der Waals surface area contributed by atoms with E-state index in [4.69, 9.17) is 11.6 Å². The Morgan fingerprint density at radius 3 is 2.62 bits per heavy atom. The van der Waals surface area contributed by atoms with Crippen molar-refractivity contribution in [1.82, 2.24) is 5.32 Å². The van der Waals surface area contributed by atoms with Crippen LogP contribution in [0.25, 0.3) is 0 Å². The Labute approximate surface area is 137 Å². The van der Waals surface area contributed by atoms with Gasteiger partial charge in [-0.3, -0.25) is 4.79 Å². The molecule has 5 heteroatoms. The summed E-state index contributed by atoms with van der Waals surface area (Å²) in [4.78, 5) is 11.9. The molecule has 0 fully saturated rings. The SMILES string of the molecule is CC(NCC(=O)Nc1cccc(Cl)c1)c1ccc(Br)cc1. The molecule has 0 radical (unpaired) electrons. The minimum absolute atomic E-state index is 0.0961. The second-order valence-corrected chi connectivity index (χ2v) is 6.06. The van der Waals surface area contributed by atoms with Crippen molar-refractivity contribution in [3.05, 3.63) is 63.6 Å². The maximum atomic E-state index is 11.9. The van der Waals surface area contributed by atoms with Gasteiger partial charge in [0, 0.05) is 21.2 Å². The Morgan fingerprint density at radius 1 is 1.24 bits per heavy atom. The quantitative estimate of drug-likeness (QED) is 0.823. The van der Waals surface area contributed by atoms with Gasteiger partial charge in [0.15, 0.2) is 0 Å². The van der Waals surface area contributed by atoms with E-state index in [-0.39, 0.29) is 18.5 Å². The lowest BCUT2D eigenvalue weighted by molar-refractivity contribution is -0.115. The monoisotopic (exact) mass is 366 g/mol. The van der Waals surface area contributed by atoms with E-state index in [9.17, 15) is 4.79 Å². The number of anilines is 1. The molecule has 1 atom stereocenters. The van der Waals surface area contributed by atoms with Gasteiger partial charge in [-0.15, -0.1) is 0 Å². The number of halogens is 2. The molecule has 21 heavy (non-hydrogen) atoms. The Morgan fingerprint density at radius 2 is 1.95 bits per heavy atom. The number of benzene rings is 2. The Balaban J connectivity index is 1.84. The molecular formula is C16H16BrClN2O. The first kappa shape index (κ1) is 16.0. The fourth-order valence-corrected chi connectivity index (χ4v) is 2.34. The average Bonchev–Trinajstić information content (AvgIpc) is 2.45. The van der Waals surface area contributed by atoms with E-state index in [1.807, 2.05) is 37.3 Å². The van der Waals surface area contributed by atoms with Crippen LogP contribution in [0.2, 0.25) is 5.02 Å². The van der Waals surface area contributed by atoms with E-state index in [0.717, 1.165) is 10.0 Å². The third-order valence-electron chi connectivity index (χ3n) is 3.05. The molecule has 0 aliphatic heterocycles. The highest BCUT2D eigenvalue weighted by atomic mass is 79.9. The van der Waals surface area contributed by atoms with Crippen molar-refractivity contribution >= 4 is 39.1 Å². The second-order valence-electron chi connectivity index (χ2n) is 4.71. The molecule has 2 N–H and O–H groups in total. The van der Waals surface area contributed by atoms with Crippen LogP contribution in [0.1, 0.15) is 18.5 Å². The zero-order chi connectivity index (χ0) is 15.2. The minimum atomic E-state index is -0.0961. The zero-order valence-corrected chi connectivity index (χ0v) is 13.9. The predicted molar refractivity (Wildman–Crippen MR) is 90.6 cm³/mol. The molecule has 0 saturated heterocycles. The maximum absolute atomic E-state index is 11.9. The zero-order valence-electron chi connectivity index (χ0n) is 11.6. The van der Waals surface area contributed by atoms with Gasteiger partial charge in [0.1, 0.15) is 0 Å². The van der Waals surface area contributed by atoms with Crippen LogP contribution >= 0.6 is 27.5 Å². The fourth-order valence-electron chi connectivity index (χ4n) is 1.89. The molecular weight excluding hydrogens is 352 g/mol. The second kappa shape index (κ2) is 7.59. The van der Waals surface area contributed by atoms with Gasteiger partial charge in [-0.25, -0.2) is 0 Å². The van der Waals surface area contributed by atoms with Crippen molar-refractivity contribution in [2.24, 2.45) is 0 Å². The van der Waals surface area contributed by atoms with E-state index < -0.39 is 0 Å². The first-order chi connectivity index (χ1) is 10.0. The normalized spacial score (nSPS) is 12.0. The average molecular weight is 368 g/mol. The Bertz CT molecular complexity index is 616. The predicted octanol–water partition coefficient (Wildman–Crippen LogP) is 4.39. The van der Waals surface area contributed by atoms with Crippen LogP contribution in [0, 0.1) is 0 Å². The van der Waals surface area contributed by atoms with E-state index in [0.29, 0.717) is 10.7 Å². The summed E-state index contributed by atoms with van der Waals surface area (Å²) in [6.45, 7) is 2.26. The minimum Gasteiger partial charge on any atom is -0.325 e. The number of amides is 1. The molecule has 3 nitrogen and oxygen atoms in total. The highest BCUT2D eigenvalue weighted by Gasteiger charge is 2.08. The smallest absolute Gasteiger partial charge is 0.238 e. The van der Waals surface area contributed by atoms with Crippen LogP contribution in [0.5, 0.6) is 0 Å². The highest BCUT2D eigenvalue weighted by molar-refractivity contribution is 9.10. The third kappa shape index (κ3) is 5.16. The molecule has 0 aliphatic rings. The summed E-state index contributed by atoms with van der Waals surface area (Å²) >= 11 is 9.28. The molecule has 0 bridgehead atoms. The molecule has 1 amide bonds. The van der Waals surface area contributed by atoms with Crippen molar-refractivity contribution in [2.75, 3.05) is 11.9 Å². The molecule has 1 unspecified atom stereocenters. The summed E-state index contributed by atoms with van der Waals surface area (Å²) in [5.41, 5.74) is 1.83. The Hall–Kier alpha value is -1.36. The lowest BCUT2D eigenvalue weighted by Gasteiger charge is -2.14. The molecule has 0 aromatic heterocycles. The lowest BCUT2D eigenvalue weighted by Crippen LogP contribution is -2.30. The Kier molecular flexibility index (Phi) is 5.79. The molecule has 0 spiro atoms. The molecule has 2 rings (SSSR count).